The van der Waals surface area contributed by atoms with E-state index in [4.69, 9.17) is 14.6 Å². The van der Waals surface area contributed by atoms with Crippen LogP contribution in [0.25, 0.3) is 0 Å². The number of methoxy groups -OCH3 is 1. The van der Waals surface area contributed by atoms with Crippen LogP contribution in [0.4, 0.5) is 0 Å². The summed E-state index contributed by atoms with van der Waals surface area (Å²) in [5.41, 5.74) is 1.01. The highest BCUT2D eigenvalue weighted by Crippen LogP contribution is 2.28. The van der Waals surface area contributed by atoms with E-state index in [1.807, 2.05) is 0 Å². The second-order valence-corrected chi connectivity index (χ2v) is 7.69. The molecule has 8 nitrogen and oxygen atoms in total. The smallest absolute Gasteiger partial charge is 0.306 e. The minimum Gasteiger partial charge on any atom is -0.497 e. The molecule has 0 heterocycles. The molecule has 3 N–H and O–H groups in total. The number of aliphatic carboxylic acids is 1. The van der Waals surface area contributed by atoms with Crippen LogP contribution < -0.4 is 20.1 Å². The minimum absolute atomic E-state index is 0.000380. The van der Waals surface area contributed by atoms with Crippen LogP contribution in [-0.4, -0.2) is 49.2 Å². The van der Waals surface area contributed by atoms with Crippen molar-refractivity contribution in [3.8, 4) is 11.5 Å². The fraction of sp³-hybridized carbons (Fsp3) is 0.375. The van der Waals surface area contributed by atoms with E-state index >= 15 is 0 Å². The fourth-order valence-corrected chi connectivity index (χ4v) is 3.60. The second kappa shape index (κ2) is 11.2. The Morgan fingerprint density at radius 3 is 1.72 bits per heavy atom. The molecule has 170 valence electrons. The number of amides is 2. The topological polar surface area (TPSA) is 114 Å². The summed E-state index contributed by atoms with van der Waals surface area (Å²) in [5.74, 6) is -0.137. The molecule has 0 unspecified atom stereocenters. The molecule has 2 amide bonds. The van der Waals surface area contributed by atoms with Gasteiger partial charge in [-0.3, -0.25) is 14.4 Å². The maximum atomic E-state index is 12.3. The maximum absolute atomic E-state index is 12.3. The van der Waals surface area contributed by atoms with Crippen LogP contribution in [0.1, 0.15) is 46.4 Å². The average molecular weight is 440 g/mol. The van der Waals surface area contributed by atoms with Gasteiger partial charge in [-0.15, -0.1) is 0 Å². The first-order chi connectivity index (χ1) is 15.5. The van der Waals surface area contributed by atoms with Crippen molar-refractivity contribution in [3.63, 3.8) is 0 Å². The Morgan fingerprint density at radius 1 is 0.812 bits per heavy atom. The van der Waals surface area contributed by atoms with Crippen molar-refractivity contribution in [3.05, 3.63) is 59.7 Å². The molecule has 0 spiro atoms. The summed E-state index contributed by atoms with van der Waals surface area (Å²) in [6.45, 7) is 0.600. The van der Waals surface area contributed by atoms with Crippen LogP contribution in [0.3, 0.4) is 0 Å². The van der Waals surface area contributed by atoms with E-state index in [0.29, 0.717) is 61.4 Å². The molecule has 0 aromatic heterocycles. The standard InChI is InChI=1S/C24H28N2O6/c1-31-19-8-2-16(3-9-19)22(27)25-14-15-26-23(28)17-4-10-20(11-5-17)32-21-12-6-18(7-13-21)24(29)30/h2-5,8-11,18,21H,6-7,12-15H2,1H3,(H,25,27)(H,26,28)(H,29,30). The molecule has 1 aliphatic carbocycles. The third-order valence-corrected chi connectivity index (χ3v) is 5.49. The second-order valence-electron chi connectivity index (χ2n) is 7.69. The molecular weight excluding hydrogens is 412 g/mol. The van der Waals surface area contributed by atoms with Crippen LogP contribution in [0.2, 0.25) is 0 Å². The first-order valence-corrected chi connectivity index (χ1v) is 10.7. The van der Waals surface area contributed by atoms with Gasteiger partial charge in [0.05, 0.1) is 19.1 Å². The number of benzene rings is 2. The molecule has 0 radical (unpaired) electrons. The van der Waals surface area contributed by atoms with Crippen LogP contribution in [0.15, 0.2) is 48.5 Å². The summed E-state index contributed by atoms with van der Waals surface area (Å²) < 4.78 is 11.0. The van der Waals surface area contributed by atoms with E-state index in [2.05, 4.69) is 10.6 Å². The number of ether oxygens (including phenoxy) is 2. The number of carbonyl (C=O) groups excluding carboxylic acids is 2. The van der Waals surface area contributed by atoms with Gasteiger partial charge in [0.2, 0.25) is 0 Å². The number of carboxylic acid groups (broad SMARTS) is 1. The van der Waals surface area contributed by atoms with Gasteiger partial charge in [0.1, 0.15) is 11.5 Å². The zero-order valence-electron chi connectivity index (χ0n) is 18.0. The van der Waals surface area contributed by atoms with E-state index < -0.39 is 5.97 Å². The lowest BCUT2D eigenvalue weighted by molar-refractivity contribution is -0.143. The Hall–Kier alpha value is -3.55. The molecule has 1 aliphatic rings. The molecule has 3 rings (SSSR count). The Kier molecular flexibility index (Phi) is 8.08. The van der Waals surface area contributed by atoms with E-state index in [-0.39, 0.29) is 23.8 Å². The molecular formula is C24H28N2O6. The van der Waals surface area contributed by atoms with Crippen molar-refractivity contribution in [2.45, 2.75) is 31.8 Å². The number of carboxylic acids is 1. The number of carbonyl (C=O) groups is 3. The van der Waals surface area contributed by atoms with Crippen molar-refractivity contribution in [2.24, 2.45) is 5.92 Å². The van der Waals surface area contributed by atoms with Gasteiger partial charge in [0, 0.05) is 24.2 Å². The molecule has 8 heteroatoms. The summed E-state index contributed by atoms with van der Waals surface area (Å²) in [6, 6.07) is 13.6. The third-order valence-electron chi connectivity index (χ3n) is 5.49. The van der Waals surface area contributed by atoms with E-state index in [9.17, 15) is 14.4 Å². The van der Waals surface area contributed by atoms with Gasteiger partial charge in [-0.1, -0.05) is 0 Å². The van der Waals surface area contributed by atoms with Gasteiger partial charge in [0.15, 0.2) is 0 Å². The predicted molar refractivity (Wildman–Crippen MR) is 118 cm³/mol. The SMILES string of the molecule is COc1ccc(C(=O)NCCNC(=O)c2ccc(OC3CCC(C(=O)O)CC3)cc2)cc1. The zero-order chi connectivity index (χ0) is 22.9. The fourth-order valence-electron chi connectivity index (χ4n) is 3.60. The lowest BCUT2D eigenvalue weighted by Gasteiger charge is -2.26. The molecule has 0 saturated heterocycles. The Morgan fingerprint density at radius 2 is 1.28 bits per heavy atom. The molecule has 0 bridgehead atoms. The van der Waals surface area contributed by atoms with Crippen molar-refractivity contribution in [2.75, 3.05) is 20.2 Å². The van der Waals surface area contributed by atoms with E-state index in [0.717, 1.165) is 0 Å². The lowest BCUT2D eigenvalue weighted by atomic mass is 9.87. The van der Waals surface area contributed by atoms with Gasteiger partial charge in [-0.05, 0) is 74.2 Å². The molecule has 1 saturated carbocycles. The Labute approximate surface area is 186 Å². The Balaban J connectivity index is 1.38. The van der Waals surface area contributed by atoms with Crippen molar-refractivity contribution in [1.82, 2.24) is 10.6 Å². The predicted octanol–water partition coefficient (Wildman–Crippen LogP) is 2.88. The van der Waals surface area contributed by atoms with E-state index in [1.54, 1.807) is 55.6 Å². The molecule has 1 fully saturated rings. The highest BCUT2D eigenvalue weighted by molar-refractivity contribution is 5.95. The summed E-state index contributed by atoms with van der Waals surface area (Å²) in [7, 11) is 1.56. The van der Waals surface area contributed by atoms with Crippen LogP contribution in [0, 0.1) is 5.92 Å². The van der Waals surface area contributed by atoms with Gasteiger partial charge in [0.25, 0.3) is 11.8 Å². The summed E-state index contributed by atoms with van der Waals surface area (Å²) in [6.07, 6.45) is 2.66. The highest BCUT2D eigenvalue weighted by atomic mass is 16.5. The molecule has 0 aliphatic heterocycles. The van der Waals surface area contributed by atoms with Gasteiger partial charge in [-0.25, -0.2) is 0 Å². The average Bonchev–Trinajstić information content (AvgIpc) is 2.82. The summed E-state index contributed by atoms with van der Waals surface area (Å²) in [4.78, 5) is 35.4. The number of hydrogen-bond donors (Lipinski definition) is 3. The van der Waals surface area contributed by atoms with Crippen LogP contribution >= 0.6 is 0 Å². The van der Waals surface area contributed by atoms with E-state index in [1.165, 1.54) is 0 Å². The van der Waals surface area contributed by atoms with Crippen molar-refractivity contribution >= 4 is 17.8 Å². The number of rotatable bonds is 9. The maximum Gasteiger partial charge on any atom is 0.306 e. The first kappa shape index (κ1) is 23.1. The highest BCUT2D eigenvalue weighted by Gasteiger charge is 2.26. The molecule has 2 aromatic carbocycles. The monoisotopic (exact) mass is 440 g/mol. The summed E-state index contributed by atoms with van der Waals surface area (Å²) in [5, 5.41) is 14.6. The quantitative estimate of drug-likeness (QED) is 0.517. The lowest BCUT2D eigenvalue weighted by Crippen LogP contribution is -2.34. The van der Waals surface area contributed by atoms with Gasteiger partial charge in [-0.2, -0.15) is 0 Å². The Bertz CT molecular complexity index is 919. The minimum atomic E-state index is -0.737. The largest absolute Gasteiger partial charge is 0.497 e. The number of hydrogen-bond acceptors (Lipinski definition) is 5. The van der Waals surface area contributed by atoms with Crippen LogP contribution in [-0.2, 0) is 4.79 Å². The zero-order valence-corrected chi connectivity index (χ0v) is 18.0. The van der Waals surface area contributed by atoms with Crippen LogP contribution in [0.5, 0.6) is 11.5 Å². The first-order valence-electron chi connectivity index (χ1n) is 10.7. The summed E-state index contributed by atoms with van der Waals surface area (Å²) >= 11 is 0. The number of nitrogens with one attached hydrogen (secondary N) is 2. The molecule has 0 atom stereocenters. The molecule has 32 heavy (non-hydrogen) atoms. The molecule has 2 aromatic rings. The van der Waals surface area contributed by atoms with Gasteiger partial charge < -0.3 is 25.2 Å². The van der Waals surface area contributed by atoms with Crippen molar-refractivity contribution in [1.29, 1.82) is 0 Å². The normalized spacial score (nSPS) is 17.8. The third kappa shape index (κ3) is 6.47. The van der Waals surface area contributed by atoms with Crippen molar-refractivity contribution < 1.29 is 29.0 Å². The van der Waals surface area contributed by atoms with Gasteiger partial charge >= 0.3 is 5.97 Å².